The van der Waals surface area contributed by atoms with E-state index in [2.05, 4.69) is 60.2 Å². The Morgan fingerprint density at radius 2 is 1.71 bits per heavy atom. The van der Waals surface area contributed by atoms with Gasteiger partial charge in [-0.1, -0.05) is 50.6 Å². The minimum atomic E-state index is 0.0299. The van der Waals surface area contributed by atoms with Crippen LogP contribution in [0.5, 0.6) is 0 Å². The van der Waals surface area contributed by atoms with Gasteiger partial charge in [0.05, 0.1) is 0 Å². The lowest BCUT2D eigenvalue weighted by Crippen LogP contribution is -2.55. The van der Waals surface area contributed by atoms with Crippen molar-refractivity contribution in [3.05, 3.63) is 35.9 Å². The van der Waals surface area contributed by atoms with Crippen LogP contribution in [-0.4, -0.2) is 59.7 Å². The SMILES string of the molecule is CCCC(C)N(CCC(N)c1ccccc1)CC(C)N(C(=N)CC)C(=N)C1CC2(CCNCC2)C1. The van der Waals surface area contributed by atoms with E-state index in [0.717, 1.165) is 58.3 Å². The van der Waals surface area contributed by atoms with Crippen LogP contribution in [0, 0.1) is 22.2 Å². The predicted molar refractivity (Wildman–Crippen MR) is 148 cm³/mol. The molecule has 0 aromatic heterocycles. The number of nitrogens with two attached hydrogens (primary N) is 1. The highest BCUT2D eigenvalue weighted by atomic mass is 15.3. The molecule has 1 aliphatic carbocycles. The van der Waals surface area contributed by atoms with Crippen LogP contribution in [0.25, 0.3) is 0 Å². The summed E-state index contributed by atoms with van der Waals surface area (Å²) in [5, 5.41) is 21.3. The first-order valence-corrected chi connectivity index (χ1v) is 14.0. The highest BCUT2D eigenvalue weighted by molar-refractivity contribution is 5.99. The van der Waals surface area contributed by atoms with Crippen LogP contribution < -0.4 is 11.1 Å². The van der Waals surface area contributed by atoms with Gasteiger partial charge in [-0.05, 0) is 76.4 Å². The Labute approximate surface area is 214 Å². The summed E-state index contributed by atoms with van der Waals surface area (Å²) < 4.78 is 0. The van der Waals surface area contributed by atoms with Crippen molar-refractivity contribution in [2.75, 3.05) is 26.2 Å². The van der Waals surface area contributed by atoms with Crippen LogP contribution in [0.1, 0.15) is 90.7 Å². The molecule has 6 nitrogen and oxygen atoms in total. The predicted octanol–water partition coefficient (Wildman–Crippen LogP) is 5.40. The summed E-state index contributed by atoms with van der Waals surface area (Å²) in [5.74, 6) is 1.56. The van der Waals surface area contributed by atoms with E-state index in [9.17, 15) is 0 Å². The maximum absolute atomic E-state index is 9.12. The van der Waals surface area contributed by atoms with Gasteiger partial charge in [0.15, 0.2) is 0 Å². The minimum Gasteiger partial charge on any atom is -0.324 e. The van der Waals surface area contributed by atoms with Crippen LogP contribution in [0.3, 0.4) is 0 Å². The molecule has 3 rings (SSSR count). The van der Waals surface area contributed by atoms with Gasteiger partial charge in [0, 0.05) is 43.6 Å². The lowest BCUT2D eigenvalue weighted by atomic mass is 9.57. The van der Waals surface area contributed by atoms with E-state index in [4.69, 9.17) is 16.6 Å². The van der Waals surface area contributed by atoms with Crippen molar-refractivity contribution in [1.82, 2.24) is 15.1 Å². The summed E-state index contributed by atoms with van der Waals surface area (Å²) in [6.07, 6.45) is 8.59. The van der Waals surface area contributed by atoms with Crippen LogP contribution >= 0.6 is 0 Å². The molecule has 196 valence electrons. The van der Waals surface area contributed by atoms with E-state index in [0.29, 0.717) is 35.5 Å². The smallest absolute Gasteiger partial charge is 0.105 e. The number of hydrogen-bond acceptors (Lipinski definition) is 5. The molecular formula is C29H50N6. The highest BCUT2D eigenvalue weighted by Crippen LogP contribution is 2.52. The van der Waals surface area contributed by atoms with Gasteiger partial charge in [-0.25, -0.2) is 0 Å². The monoisotopic (exact) mass is 482 g/mol. The molecule has 3 atom stereocenters. The van der Waals surface area contributed by atoms with E-state index < -0.39 is 0 Å². The molecule has 0 radical (unpaired) electrons. The van der Waals surface area contributed by atoms with Gasteiger partial charge < -0.3 is 16.0 Å². The van der Waals surface area contributed by atoms with Gasteiger partial charge in [0.2, 0.25) is 0 Å². The van der Waals surface area contributed by atoms with Gasteiger partial charge in [-0.15, -0.1) is 0 Å². The Bertz CT molecular complexity index is 795. The molecule has 1 saturated heterocycles. The number of piperidine rings is 1. The number of nitrogens with zero attached hydrogens (tertiary/aromatic N) is 2. The maximum atomic E-state index is 9.12. The zero-order valence-electron chi connectivity index (χ0n) is 22.7. The van der Waals surface area contributed by atoms with Crippen molar-refractivity contribution < 1.29 is 0 Å². The molecule has 0 bridgehead atoms. The third-order valence-corrected chi connectivity index (χ3v) is 8.52. The zero-order chi connectivity index (χ0) is 25.4. The summed E-state index contributed by atoms with van der Waals surface area (Å²) in [6.45, 7) is 12.8. The second-order valence-electron chi connectivity index (χ2n) is 11.2. The van der Waals surface area contributed by atoms with Crippen molar-refractivity contribution in [2.24, 2.45) is 17.1 Å². The molecule has 3 unspecified atom stereocenters. The molecule has 35 heavy (non-hydrogen) atoms. The molecule has 2 fully saturated rings. The van der Waals surface area contributed by atoms with Gasteiger partial charge in [-0.3, -0.25) is 15.7 Å². The fourth-order valence-corrected chi connectivity index (χ4v) is 6.25. The first-order chi connectivity index (χ1) is 16.8. The van der Waals surface area contributed by atoms with E-state index in [1.807, 2.05) is 13.0 Å². The second kappa shape index (κ2) is 13.0. The zero-order valence-corrected chi connectivity index (χ0v) is 22.7. The average molecular weight is 483 g/mol. The largest absolute Gasteiger partial charge is 0.324 e. The Kier molecular flexibility index (Phi) is 10.3. The van der Waals surface area contributed by atoms with E-state index in [-0.39, 0.29) is 12.1 Å². The van der Waals surface area contributed by atoms with Gasteiger partial charge in [-0.2, -0.15) is 0 Å². The van der Waals surface area contributed by atoms with E-state index >= 15 is 0 Å². The standard InChI is InChI=1S/C29H50N6/c1-5-10-22(3)34(18-13-26(30)24-11-8-7-9-12-24)21-23(4)35(27(31)6-2)28(32)25-19-29(20-25)14-16-33-17-15-29/h7-9,11-12,22-23,25-26,31-33H,5-6,10,13-21,30H2,1-4H3. The summed E-state index contributed by atoms with van der Waals surface area (Å²) in [5.41, 5.74) is 8.19. The molecule has 6 heteroatoms. The molecule has 5 N–H and O–H groups in total. The summed E-state index contributed by atoms with van der Waals surface area (Å²) >= 11 is 0. The third-order valence-electron chi connectivity index (χ3n) is 8.52. The lowest BCUT2D eigenvalue weighted by Gasteiger charge is -2.52. The third kappa shape index (κ3) is 7.14. The van der Waals surface area contributed by atoms with Gasteiger partial charge in [0.25, 0.3) is 0 Å². The number of rotatable bonds is 12. The lowest BCUT2D eigenvalue weighted by molar-refractivity contribution is 0.0485. The Morgan fingerprint density at radius 3 is 2.31 bits per heavy atom. The molecule has 0 amide bonds. The van der Waals surface area contributed by atoms with Gasteiger partial charge in [0.1, 0.15) is 11.7 Å². The second-order valence-corrected chi connectivity index (χ2v) is 11.2. The Hall–Kier alpha value is -1.76. The number of nitrogens with one attached hydrogen (secondary N) is 3. The molecule has 1 aromatic rings. The van der Waals surface area contributed by atoms with Crippen molar-refractivity contribution in [1.29, 1.82) is 10.8 Å². The Balaban J connectivity index is 1.65. The normalized spacial score (nSPS) is 20.3. The Morgan fingerprint density at radius 1 is 1.06 bits per heavy atom. The number of benzene rings is 1. The molecule has 2 aliphatic rings. The van der Waals surface area contributed by atoms with Crippen molar-refractivity contribution >= 4 is 11.7 Å². The highest BCUT2D eigenvalue weighted by Gasteiger charge is 2.47. The van der Waals surface area contributed by atoms with Crippen LogP contribution in [-0.2, 0) is 0 Å². The molecule has 1 heterocycles. The van der Waals surface area contributed by atoms with E-state index in [1.165, 1.54) is 18.4 Å². The van der Waals surface area contributed by atoms with E-state index in [1.54, 1.807) is 0 Å². The quantitative estimate of drug-likeness (QED) is 0.237. The number of hydrogen-bond donors (Lipinski definition) is 4. The number of amidine groups is 2. The molecule has 1 spiro atoms. The summed E-state index contributed by atoms with van der Waals surface area (Å²) in [6, 6.07) is 11.0. The van der Waals surface area contributed by atoms with Crippen molar-refractivity contribution in [3.8, 4) is 0 Å². The van der Waals surface area contributed by atoms with Crippen molar-refractivity contribution in [3.63, 3.8) is 0 Å². The fourth-order valence-electron chi connectivity index (χ4n) is 6.25. The maximum Gasteiger partial charge on any atom is 0.105 e. The average Bonchev–Trinajstić information content (AvgIpc) is 2.85. The van der Waals surface area contributed by atoms with Crippen LogP contribution in [0.2, 0.25) is 0 Å². The van der Waals surface area contributed by atoms with Gasteiger partial charge >= 0.3 is 0 Å². The van der Waals surface area contributed by atoms with Crippen LogP contribution in [0.15, 0.2) is 30.3 Å². The minimum absolute atomic E-state index is 0.0299. The fraction of sp³-hybridized carbons (Fsp3) is 0.724. The van der Waals surface area contributed by atoms with Crippen LogP contribution in [0.4, 0.5) is 0 Å². The summed E-state index contributed by atoms with van der Waals surface area (Å²) in [7, 11) is 0. The topological polar surface area (TPSA) is 92.2 Å². The molecular weight excluding hydrogens is 432 g/mol. The molecule has 1 saturated carbocycles. The molecule has 1 aromatic carbocycles. The van der Waals surface area contributed by atoms with Crippen molar-refractivity contribution in [2.45, 2.75) is 97.2 Å². The molecule has 1 aliphatic heterocycles. The summed E-state index contributed by atoms with van der Waals surface area (Å²) in [4.78, 5) is 4.61. The first-order valence-electron chi connectivity index (χ1n) is 14.0. The first kappa shape index (κ1) is 27.8.